The number of carbonyl (C=O) groups is 5. The van der Waals surface area contributed by atoms with Crippen molar-refractivity contribution in [2.45, 2.75) is 13.1 Å². The summed E-state index contributed by atoms with van der Waals surface area (Å²) in [7, 11) is 0. The maximum absolute atomic E-state index is 13.5. The lowest BCUT2D eigenvalue weighted by atomic mass is 10.1. The third kappa shape index (κ3) is 14.6. The van der Waals surface area contributed by atoms with E-state index in [1.807, 2.05) is 19.1 Å². The molecule has 63 heavy (non-hydrogen) atoms. The summed E-state index contributed by atoms with van der Waals surface area (Å²) in [6.45, 7) is 1.94. The smallest absolute Gasteiger partial charge is 0.471 e. The van der Waals surface area contributed by atoms with Crippen molar-refractivity contribution in [3.8, 4) is 6.07 Å². The van der Waals surface area contributed by atoms with Crippen molar-refractivity contribution in [3.63, 3.8) is 0 Å². The second-order valence-electron chi connectivity index (χ2n) is 12.6. The number of carboxylic acid groups (broad SMARTS) is 2. The van der Waals surface area contributed by atoms with Crippen LogP contribution in [0.25, 0.3) is 0 Å². The van der Waals surface area contributed by atoms with Crippen LogP contribution in [0.5, 0.6) is 0 Å². The minimum absolute atomic E-state index is 0.0555. The summed E-state index contributed by atoms with van der Waals surface area (Å²) in [5, 5.41) is 33.1. The number of carbonyl (C=O) groups excluding carboxylic acids is 3. The summed E-state index contributed by atoms with van der Waals surface area (Å²) in [6.07, 6.45) is -3.63. The number of nitrogen functional groups attached to an aromatic ring is 5. The van der Waals surface area contributed by atoms with Gasteiger partial charge in [-0.05, 0) is 110 Å². The van der Waals surface area contributed by atoms with E-state index in [-0.39, 0.29) is 56.5 Å². The van der Waals surface area contributed by atoms with Crippen LogP contribution in [-0.2, 0) is 4.79 Å². The molecule has 0 aliphatic heterocycles. The number of aryl methyl sites for hydroxylation is 1. The van der Waals surface area contributed by atoms with E-state index in [9.17, 15) is 41.5 Å². The lowest BCUT2D eigenvalue weighted by molar-refractivity contribution is -0.167. The Balaban J connectivity index is 0.000000230. The Morgan fingerprint density at radius 1 is 0.619 bits per heavy atom. The van der Waals surface area contributed by atoms with Crippen molar-refractivity contribution in [1.82, 2.24) is 0 Å². The Bertz CT molecular complexity index is 2670. The molecule has 1 heterocycles. The van der Waals surface area contributed by atoms with Crippen molar-refractivity contribution < 1.29 is 56.2 Å². The van der Waals surface area contributed by atoms with E-state index in [1.54, 1.807) is 23.5 Å². The molecule has 17 nitrogen and oxygen atoms in total. The lowest BCUT2D eigenvalue weighted by Gasteiger charge is -2.09. The average molecular weight is 872 g/mol. The zero-order valence-corrected chi connectivity index (χ0v) is 32.7. The number of carboxylic acids is 2. The molecule has 15 N–H and O–H groups in total. The van der Waals surface area contributed by atoms with Crippen LogP contribution in [0.1, 0.15) is 52.8 Å². The molecule has 0 unspecified atom stereocenters. The Hall–Kier alpha value is -9.06. The van der Waals surface area contributed by atoms with Gasteiger partial charge in [0.15, 0.2) is 5.76 Å². The van der Waals surface area contributed by atoms with E-state index < -0.39 is 41.7 Å². The van der Waals surface area contributed by atoms with Crippen LogP contribution >= 0.6 is 0 Å². The number of benzene rings is 5. The van der Waals surface area contributed by atoms with Crippen LogP contribution in [0, 0.1) is 24.1 Å². The van der Waals surface area contributed by atoms with Crippen LogP contribution < -0.4 is 44.6 Å². The summed E-state index contributed by atoms with van der Waals surface area (Å²) in [6, 6.07) is 27.4. The van der Waals surface area contributed by atoms with Crippen molar-refractivity contribution in [1.29, 1.82) is 5.26 Å². The quantitative estimate of drug-likeness (QED) is 0.0572. The number of hydrogen-bond donors (Lipinski definition) is 10. The number of anilines is 8. The summed E-state index contributed by atoms with van der Waals surface area (Å²) >= 11 is 0. The first-order chi connectivity index (χ1) is 29.6. The molecule has 0 atom stereocenters. The number of alkyl halides is 3. The number of hydrogen-bond acceptors (Lipinski definition) is 12. The first-order valence-corrected chi connectivity index (χ1v) is 17.6. The molecule has 0 aliphatic carbocycles. The minimum atomic E-state index is -4.99. The van der Waals surface area contributed by atoms with Crippen LogP contribution in [0.2, 0.25) is 0 Å². The van der Waals surface area contributed by atoms with Crippen LogP contribution in [0.15, 0.2) is 120 Å². The van der Waals surface area contributed by atoms with Crippen molar-refractivity contribution >= 4 is 75.2 Å². The number of nitrogens with zero attached hydrogens (tertiary/aromatic N) is 1. The zero-order valence-electron chi connectivity index (χ0n) is 32.7. The Kier molecular flexibility index (Phi) is 16.7. The van der Waals surface area contributed by atoms with Crippen molar-refractivity contribution in [2.24, 2.45) is 0 Å². The van der Waals surface area contributed by atoms with Gasteiger partial charge >= 0.3 is 24.0 Å². The van der Waals surface area contributed by atoms with Crippen molar-refractivity contribution in [2.75, 3.05) is 44.6 Å². The number of aromatic carboxylic acids is 2. The Morgan fingerprint density at radius 3 is 1.57 bits per heavy atom. The molecule has 0 fully saturated rings. The van der Waals surface area contributed by atoms with E-state index in [4.69, 9.17) is 48.6 Å². The fourth-order valence-corrected chi connectivity index (χ4v) is 4.78. The molecule has 21 heteroatoms. The molecule has 0 aliphatic rings. The SMILES string of the molecule is Cc1cc(N)ccc1N.N#Cc1cc(N)ccc1NC(=O)C(F)(F)F.Nc1ccc(NC(=O)c2ccccc2F)c(C(=O)O)c1.Nc1ccc(NC(=O)c2ccco2)c(C(=O)O)c1. The van der Waals surface area contributed by atoms with Gasteiger partial charge in [-0.15, -0.1) is 0 Å². The number of furan rings is 1. The third-order valence-corrected chi connectivity index (χ3v) is 7.87. The Labute approximate surface area is 354 Å². The highest BCUT2D eigenvalue weighted by Crippen LogP contribution is 2.24. The van der Waals surface area contributed by atoms with E-state index in [1.165, 1.54) is 79.1 Å². The van der Waals surface area contributed by atoms with E-state index >= 15 is 0 Å². The molecule has 5 aromatic carbocycles. The molecule has 1 aromatic heterocycles. The molecule has 326 valence electrons. The number of nitriles is 1. The largest absolute Gasteiger partial charge is 0.478 e. The Morgan fingerprint density at radius 2 is 1.11 bits per heavy atom. The molecule has 0 saturated carbocycles. The number of halogens is 4. The highest BCUT2D eigenvalue weighted by Gasteiger charge is 2.39. The monoisotopic (exact) mass is 871 g/mol. The molecule has 6 aromatic rings. The first kappa shape index (κ1) is 48.3. The molecule has 0 spiro atoms. The highest BCUT2D eigenvalue weighted by molar-refractivity contribution is 6.08. The van der Waals surface area contributed by atoms with Crippen LogP contribution in [-0.4, -0.2) is 46.0 Å². The predicted molar refractivity (Wildman–Crippen MR) is 227 cm³/mol. The van der Waals surface area contributed by atoms with Crippen LogP contribution in [0.4, 0.5) is 63.1 Å². The fraction of sp³-hybridized carbons (Fsp3) is 0.0476. The van der Waals surface area contributed by atoms with Gasteiger partial charge in [-0.25, -0.2) is 14.0 Å². The van der Waals surface area contributed by atoms with E-state index in [0.717, 1.165) is 29.1 Å². The molecule has 0 bridgehead atoms. The number of nitrogens with one attached hydrogen (secondary N) is 3. The maximum atomic E-state index is 13.5. The van der Waals surface area contributed by atoms with Gasteiger partial charge in [0.2, 0.25) is 0 Å². The summed E-state index contributed by atoms with van der Waals surface area (Å²) in [5.41, 5.74) is 30.2. The number of rotatable bonds is 7. The van der Waals surface area contributed by atoms with Crippen LogP contribution in [0.3, 0.4) is 0 Å². The van der Waals surface area contributed by atoms with Crippen molar-refractivity contribution in [3.05, 3.63) is 155 Å². The van der Waals surface area contributed by atoms with E-state index in [0.29, 0.717) is 5.69 Å². The number of amides is 3. The minimum Gasteiger partial charge on any atom is -0.478 e. The molecular formula is C42H37F4N9O8. The normalized spacial score (nSPS) is 10.1. The van der Waals surface area contributed by atoms with Gasteiger partial charge in [-0.3, -0.25) is 14.4 Å². The van der Waals surface area contributed by atoms with Gasteiger partial charge in [0, 0.05) is 28.4 Å². The second kappa shape index (κ2) is 21.8. The molecule has 3 amide bonds. The fourth-order valence-electron chi connectivity index (χ4n) is 4.78. The summed E-state index contributed by atoms with van der Waals surface area (Å²) < 4.78 is 54.2. The predicted octanol–water partition coefficient (Wildman–Crippen LogP) is 6.97. The maximum Gasteiger partial charge on any atom is 0.471 e. The zero-order chi connectivity index (χ0) is 47.0. The van der Waals surface area contributed by atoms with Gasteiger partial charge in [-0.1, -0.05) is 12.1 Å². The molecule has 0 saturated heterocycles. The van der Waals surface area contributed by atoms with Gasteiger partial charge in [0.25, 0.3) is 11.8 Å². The highest BCUT2D eigenvalue weighted by atomic mass is 19.4. The topological polar surface area (TPSA) is 329 Å². The summed E-state index contributed by atoms with van der Waals surface area (Å²) in [4.78, 5) is 56.3. The van der Waals surface area contributed by atoms with Gasteiger partial charge < -0.3 is 59.2 Å². The average Bonchev–Trinajstić information content (AvgIpc) is 3.77. The third-order valence-electron chi connectivity index (χ3n) is 7.87. The second-order valence-corrected chi connectivity index (χ2v) is 12.6. The standard InChI is InChI=1S/C14H11FN2O3.C12H10N2O4.C9H6F3N3O.C7H10N2/c15-11-4-2-1-3-9(11)13(18)17-12-6-5-8(16)7-10(12)14(19)20;13-7-3-4-9(8(6-7)12(16)17)14-11(15)10-2-1-5-18-10;10-9(11,12)8(16)15-7-2-1-6(14)3-5(7)4-13;1-5-4-6(8)2-3-7(5)9/h1-7H,16H2,(H,17,18)(H,19,20);1-6H,13H2,(H,14,15)(H,16,17);1-3H,14H2,(H,15,16);2-4H,8-9H2,1H3. The summed E-state index contributed by atoms with van der Waals surface area (Å²) in [5.74, 6) is -6.37. The molecular weight excluding hydrogens is 835 g/mol. The van der Waals surface area contributed by atoms with Gasteiger partial charge in [0.1, 0.15) is 11.9 Å². The lowest BCUT2D eigenvalue weighted by Crippen LogP contribution is -2.30. The number of nitrogens with two attached hydrogens (primary N) is 5. The first-order valence-electron chi connectivity index (χ1n) is 17.6. The molecule has 0 radical (unpaired) electrons. The molecule has 6 rings (SSSR count). The van der Waals surface area contributed by atoms with E-state index in [2.05, 4.69) is 10.6 Å². The van der Waals surface area contributed by atoms with Gasteiger partial charge in [-0.2, -0.15) is 18.4 Å². The van der Waals surface area contributed by atoms with Gasteiger partial charge in [0.05, 0.1) is 45.6 Å².